The number of nitrogens with zero attached hydrogens (tertiary/aromatic N) is 3. The molecule has 3 heterocycles. The summed E-state index contributed by atoms with van der Waals surface area (Å²) in [5.41, 5.74) is 3.37. The van der Waals surface area contributed by atoms with Crippen LogP contribution in [0.5, 0.6) is 0 Å². The largest absolute Gasteiger partial charge is 3.00 e. The Hall–Kier alpha value is -5.09. The second-order valence-electron chi connectivity index (χ2n) is 11.7. The van der Waals surface area contributed by atoms with Crippen LogP contribution in [0.1, 0.15) is 42.9 Å². The molecule has 5 heteroatoms. The maximum atomic E-state index is 12.6. The number of halogens is 1. The first-order valence-corrected chi connectivity index (χ1v) is 15.5. The average molecular weight is 841 g/mol. The Morgan fingerprint density at radius 1 is 0.700 bits per heavy atom. The molecule has 3 aromatic heterocycles. The molecule has 50 heavy (non-hydrogen) atoms. The molecule has 3 nitrogen and oxygen atoms in total. The molecule has 0 N–H and O–H groups in total. The molecule has 0 aliphatic rings. The minimum atomic E-state index is -2.62. The number of rotatable bonds is 5. The molecule has 0 atom stereocenters. The molecule has 0 unspecified atom stereocenters. The molecule has 0 saturated carbocycles. The molecule has 0 spiro atoms. The van der Waals surface area contributed by atoms with Crippen molar-refractivity contribution in [3.8, 4) is 44.9 Å². The van der Waals surface area contributed by atoms with Gasteiger partial charge in [0.25, 0.3) is 0 Å². The van der Waals surface area contributed by atoms with Crippen LogP contribution in [0.2, 0.25) is 0 Å². The average Bonchev–Trinajstić information content (AvgIpc) is 3.19. The summed E-state index contributed by atoms with van der Waals surface area (Å²) in [7, 11) is 0. The van der Waals surface area contributed by atoms with E-state index >= 15 is 0 Å². The third kappa shape index (κ3) is 11.5. The van der Waals surface area contributed by atoms with Crippen LogP contribution in [0, 0.1) is 36.3 Å². The summed E-state index contributed by atoms with van der Waals surface area (Å²) in [6, 6.07) is 41.4. The predicted molar refractivity (Wildman–Crippen MR) is 199 cm³/mol. The van der Waals surface area contributed by atoms with Gasteiger partial charge in [-0.25, -0.2) is 0 Å². The van der Waals surface area contributed by atoms with Gasteiger partial charge >= 0.3 is 20.1 Å². The van der Waals surface area contributed by atoms with Gasteiger partial charge in [-0.15, -0.1) is 102 Å². The van der Waals surface area contributed by atoms with E-state index in [-0.39, 0.29) is 72.0 Å². The summed E-state index contributed by atoms with van der Waals surface area (Å²) in [5, 5.41) is 0. The fourth-order valence-corrected chi connectivity index (χ4v) is 4.48. The minimum absolute atomic E-state index is 0. The van der Waals surface area contributed by atoms with Gasteiger partial charge < -0.3 is 15.0 Å². The van der Waals surface area contributed by atoms with Crippen LogP contribution < -0.4 is 0 Å². The second kappa shape index (κ2) is 18.6. The van der Waals surface area contributed by atoms with Crippen molar-refractivity contribution < 1.29 is 35.5 Å². The maximum absolute atomic E-state index is 12.6. The third-order valence-electron chi connectivity index (χ3n) is 6.68. The molecule has 250 valence electrons. The summed E-state index contributed by atoms with van der Waals surface area (Å²) < 4.78 is 79.1. The van der Waals surface area contributed by atoms with Gasteiger partial charge in [0.2, 0.25) is 0 Å². The fraction of sp³-hybridized carbons (Fsp3) is 0.133. The number of aromatic nitrogens is 3. The molecule has 7 rings (SSSR count). The predicted octanol–water partition coefficient (Wildman–Crippen LogP) is 11.3. The molecule has 0 amide bonds. The van der Waals surface area contributed by atoms with Gasteiger partial charge in [-0.3, -0.25) is 4.39 Å². The molecule has 0 aliphatic heterocycles. The third-order valence-corrected chi connectivity index (χ3v) is 6.68. The van der Waals surface area contributed by atoms with Gasteiger partial charge in [-0.2, -0.15) is 0 Å². The maximum Gasteiger partial charge on any atom is 3.00 e. The van der Waals surface area contributed by atoms with Gasteiger partial charge in [0.15, 0.2) is 0 Å². The molecule has 0 radical (unpaired) electrons. The Morgan fingerprint density at radius 3 is 1.76 bits per heavy atom. The van der Waals surface area contributed by atoms with E-state index in [1.54, 1.807) is 63.5 Å². The molecule has 0 saturated heterocycles. The number of pyridine rings is 3. The zero-order valence-corrected chi connectivity index (χ0v) is 30.1. The normalized spacial score (nSPS) is 13.3. The van der Waals surface area contributed by atoms with Crippen molar-refractivity contribution in [2.75, 3.05) is 0 Å². The van der Waals surface area contributed by atoms with E-state index in [4.69, 9.17) is 11.0 Å². The van der Waals surface area contributed by atoms with Crippen LogP contribution in [0.3, 0.4) is 0 Å². The topological polar surface area (TPSA) is 38.7 Å². The number of benzene rings is 4. The molecule has 0 fully saturated rings. The first-order valence-electron chi connectivity index (χ1n) is 19.5. The smallest absolute Gasteiger partial charge is 0.305 e. The van der Waals surface area contributed by atoms with Crippen LogP contribution in [0.25, 0.3) is 44.9 Å². The van der Waals surface area contributed by atoms with E-state index in [0.717, 1.165) is 28.7 Å². The van der Waals surface area contributed by atoms with E-state index < -0.39 is 18.6 Å². The molecule has 7 aromatic rings. The van der Waals surface area contributed by atoms with Crippen molar-refractivity contribution in [2.45, 2.75) is 34.0 Å². The Balaban J connectivity index is 0.000000232. The van der Waals surface area contributed by atoms with Gasteiger partial charge in [0.05, 0.1) is 4.11 Å². The molecular formula is C45H39FIrN3. The second-order valence-corrected chi connectivity index (χ2v) is 11.7. The minimum Gasteiger partial charge on any atom is -0.305 e. The zero-order valence-electron chi connectivity index (χ0n) is 35.8. The van der Waals surface area contributed by atoms with Crippen LogP contribution in [-0.2, 0) is 26.5 Å². The van der Waals surface area contributed by atoms with Crippen molar-refractivity contribution in [3.05, 3.63) is 187 Å². The number of hydrogen-bond acceptors (Lipinski definition) is 3. The first-order chi connectivity index (χ1) is 27.0. The molecule has 0 aliphatic carbocycles. The Morgan fingerprint density at radius 2 is 1.28 bits per heavy atom. The van der Waals surface area contributed by atoms with E-state index in [0.29, 0.717) is 5.56 Å². The number of hydrogen-bond donors (Lipinski definition) is 0. The Kier molecular flexibility index (Phi) is 10.3. The van der Waals surface area contributed by atoms with Crippen LogP contribution in [0.15, 0.2) is 152 Å². The Bertz CT molecular complexity index is 2320. The quantitative estimate of drug-likeness (QED) is 0.162. The molecule has 0 bridgehead atoms. The van der Waals surface area contributed by atoms with Crippen molar-refractivity contribution in [3.63, 3.8) is 0 Å². The van der Waals surface area contributed by atoms with Crippen LogP contribution in [-0.4, -0.2) is 15.0 Å². The van der Waals surface area contributed by atoms with E-state index in [1.165, 1.54) is 24.3 Å². The molecule has 4 aromatic carbocycles. The van der Waals surface area contributed by atoms with Crippen molar-refractivity contribution >= 4 is 0 Å². The van der Waals surface area contributed by atoms with E-state index in [1.807, 2.05) is 60.7 Å². The van der Waals surface area contributed by atoms with E-state index in [2.05, 4.69) is 33.2 Å². The fourth-order valence-electron chi connectivity index (χ4n) is 4.48. The SMILES string of the molecule is Fc1c[c-]c(-c2ccccn2)cc1.[2H]c1cc(C([2H])([2H])C(C)(C)C)cc([2H])c1-c1c(C([2H])([2H])[2H])cnc(-c2[c-]cccc2)c1[2H].[Ir+3].[c-]1ccccc1-c1ccccn1. The molecular weight excluding hydrogens is 794 g/mol. The zero-order chi connectivity index (χ0) is 41.4. The summed E-state index contributed by atoms with van der Waals surface area (Å²) in [6.45, 7) is 2.57. The van der Waals surface area contributed by atoms with Gasteiger partial charge in [-0.1, -0.05) is 75.3 Å². The van der Waals surface area contributed by atoms with Crippen molar-refractivity contribution in [2.24, 2.45) is 5.41 Å². The van der Waals surface area contributed by atoms with Crippen molar-refractivity contribution in [1.82, 2.24) is 15.0 Å². The standard InChI is InChI=1S/C23H24N.C11H7FN.C11H8N.Ir/c1-17-16-24-22(20-8-6-5-7-9-20)14-21(17)19-12-10-18(11-13-19)15-23(2,3)4;12-10-6-4-9(5-7-10)11-3-1-2-8-13-11;1-2-6-10(7-3-1)11-8-4-5-9-12-11;/h5-8,10-14,16H,15H2,1-4H3;1-4,6-8H;1-6,8-9H;/q3*-1;+3/i1D3,12D,13D,14D,15D2;;;. The number of aryl methyl sites for hydroxylation is 1. The Labute approximate surface area is 321 Å². The van der Waals surface area contributed by atoms with E-state index in [9.17, 15) is 4.39 Å². The summed E-state index contributed by atoms with van der Waals surface area (Å²) in [6.07, 6.45) is 2.83. The van der Waals surface area contributed by atoms with Gasteiger partial charge in [0, 0.05) is 31.3 Å². The first kappa shape index (κ1) is 27.7. The summed E-state index contributed by atoms with van der Waals surface area (Å²) in [4.78, 5) is 12.5. The van der Waals surface area contributed by atoms with Crippen molar-refractivity contribution in [1.29, 1.82) is 0 Å². The van der Waals surface area contributed by atoms with Gasteiger partial charge in [-0.05, 0) is 70.1 Å². The van der Waals surface area contributed by atoms with Gasteiger partial charge in [0.1, 0.15) is 0 Å². The monoisotopic (exact) mass is 841 g/mol. The summed E-state index contributed by atoms with van der Waals surface area (Å²) >= 11 is 0. The van der Waals surface area contributed by atoms with Crippen LogP contribution >= 0.6 is 0 Å². The summed E-state index contributed by atoms with van der Waals surface area (Å²) in [5.74, 6) is -0.278. The van der Waals surface area contributed by atoms with Crippen LogP contribution in [0.4, 0.5) is 4.39 Å².